The summed E-state index contributed by atoms with van der Waals surface area (Å²) in [5, 5.41) is 8.73. The molecule has 0 heterocycles. The van der Waals surface area contributed by atoms with Crippen LogP contribution in [0.15, 0.2) is 10.5 Å². The Morgan fingerprint density at radius 2 is 2.14 bits per heavy atom. The van der Waals surface area contributed by atoms with Gasteiger partial charge in [0.1, 0.15) is 5.75 Å². The van der Waals surface area contributed by atoms with Crippen LogP contribution in [0.1, 0.15) is 16.7 Å². The first-order chi connectivity index (χ1) is 6.61. The summed E-state index contributed by atoms with van der Waals surface area (Å²) in [6, 6.07) is 2.01. The van der Waals surface area contributed by atoms with Crippen LogP contribution in [0.3, 0.4) is 0 Å². The second kappa shape index (κ2) is 4.77. The Bertz CT molecular complexity index is 339. The van der Waals surface area contributed by atoms with Crippen molar-refractivity contribution in [2.24, 2.45) is 0 Å². The number of nitrogens with one attached hydrogen (secondary N) is 1. The first kappa shape index (κ1) is 11.5. The monoisotopic (exact) mass is 259 g/mol. The summed E-state index contributed by atoms with van der Waals surface area (Å²) < 4.78 is 6.32. The number of ether oxygens (including phenoxy) is 1. The zero-order valence-electron chi connectivity index (χ0n) is 8.52. The van der Waals surface area contributed by atoms with Gasteiger partial charge in [0.25, 0.3) is 0 Å². The van der Waals surface area contributed by atoms with E-state index in [2.05, 4.69) is 21.4 Å². The third-order valence-electron chi connectivity index (χ3n) is 2.25. The lowest BCUT2D eigenvalue weighted by Gasteiger charge is -2.15. The second-order valence-corrected chi connectivity index (χ2v) is 4.00. The van der Waals surface area contributed by atoms with Crippen molar-refractivity contribution in [2.45, 2.75) is 20.4 Å². The molecule has 0 spiro atoms. The minimum absolute atomic E-state index is 0.384. The molecule has 2 N–H and O–H groups in total. The highest BCUT2D eigenvalue weighted by Gasteiger charge is 2.12. The molecule has 0 fully saturated rings. The van der Waals surface area contributed by atoms with Gasteiger partial charge in [-0.3, -0.25) is 0 Å². The lowest BCUT2D eigenvalue weighted by molar-refractivity contribution is 0.160. The smallest absolute Gasteiger partial charge is 0.126 e. The topological polar surface area (TPSA) is 41.5 Å². The Labute approximate surface area is 92.2 Å². The van der Waals surface area contributed by atoms with Gasteiger partial charge in [-0.15, -0.1) is 0 Å². The lowest BCUT2D eigenvalue weighted by Crippen LogP contribution is -2.10. The summed E-state index contributed by atoms with van der Waals surface area (Å²) in [5.74, 6) is 0.826. The van der Waals surface area contributed by atoms with Gasteiger partial charge in [0.05, 0.1) is 7.11 Å². The predicted octanol–water partition coefficient (Wildman–Crippen LogP) is 2.55. The number of rotatable bonds is 3. The maximum atomic E-state index is 8.73. The van der Waals surface area contributed by atoms with E-state index in [1.165, 1.54) is 0 Å². The van der Waals surface area contributed by atoms with Gasteiger partial charge in [0.15, 0.2) is 0 Å². The van der Waals surface area contributed by atoms with E-state index in [0.717, 1.165) is 26.9 Å². The van der Waals surface area contributed by atoms with Gasteiger partial charge >= 0.3 is 0 Å². The van der Waals surface area contributed by atoms with Gasteiger partial charge in [-0.25, -0.2) is 5.48 Å². The molecule has 0 bridgehead atoms. The standard InChI is InChI=1S/C10H14BrNO2/c1-6-4-9(11)7(2)8(5-12-13)10(6)14-3/h4,12-13H,5H2,1-3H3. The average molecular weight is 260 g/mol. The van der Waals surface area contributed by atoms with Crippen molar-refractivity contribution in [1.82, 2.24) is 5.48 Å². The van der Waals surface area contributed by atoms with E-state index >= 15 is 0 Å². The summed E-state index contributed by atoms with van der Waals surface area (Å²) in [7, 11) is 1.64. The fraction of sp³-hybridized carbons (Fsp3) is 0.400. The first-order valence-corrected chi connectivity index (χ1v) is 5.10. The molecule has 0 saturated carbocycles. The summed E-state index contributed by atoms with van der Waals surface area (Å²) >= 11 is 3.47. The Hall–Kier alpha value is -0.580. The summed E-state index contributed by atoms with van der Waals surface area (Å²) in [6.07, 6.45) is 0. The van der Waals surface area contributed by atoms with Crippen molar-refractivity contribution >= 4 is 15.9 Å². The van der Waals surface area contributed by atoms with Gasteiger partial charge in [0, 0.05) is 16.6 Å². The Morgan fingerprint density at radius 1 is 1.50 bits per heavy atom. The van der Waals surface area contributed by atoms with Crippen molar-refractivity contribution in [3.05, 3.63) is 27.2 Å². The van der Waals surface area contributed by atoms with Crippen molar-refractivity contribution in [1.29, 1.82) is 0 Å². The number of aryl methyl sites for hydroxylation is 1. The summed E-state index contributed by atoms with van der Waals surface area (Å²) in [6.45, 7) is 4.35. The molecule has 0 aliphatic carbocycles. The highest BCUT2D eigenvalue weighted by molar-refractivity contribution is 9.10. The van der Waals surface area contributed by atoms with Crippen LogP contribution in [0.4, 0.5) is 0 Å². The number of halogens is 1. The highest BCUT2D eigenvalue weighted by atomic mass is 79.9. The van der Waals surface area contributed by atoms with Crippen LogP contribution in [0.5, 0.6) is 5.75 Å². The van der Waals surface area contributed by atoms with Crippen LogP contribution in [0.2, 0.25) is 0 Å². The molecule has 3 nitrogen and oxygen atoms in total. The molecule has 0 unspecified atom stereocenters. The van der Waals surface area contributed by atoms with Crippen molar-refractivity contribution in [3.8, 4) is 5.75 Å². The molecule has 0 aromatic heterocycles. The third-order valence-corrected chi connectivity index (χ3v) is 3.07. The van der Waals surface area contributed by atoms with Gasteiger partial charge in [0.2, 0.25) is 0 Å². The number of hydrogen-bond donors (Lipinski definition) is 2. The molecule has 4 heteroatoms. The van der Waals surface area contributed by atoms with Crippen molar-refractivity contribution in [3.63, 3.8) is 0 Å². The number of hydrogen-bond acceptors (Lipinski definition) is 3. The second-order valence-electron chi connectivity index (χ2n) is 3.15. The van der Waals surface area contributed by atoms with E-state index in [-0.39, 0.29) is 0 Å². The van der Waals surface area contributed by atoms with Crippen LogP contribution in [0, 0.1) is 13.8 Å². The fourth-order valence-corrected chi connectivity index (χ4v) is 2.08. The van der Waals surface area contributed by atoms with E-state index in [1.54, 1.807) is 7.11 Å². The molecular weight excluding hydrogens is 246 g/mol. The quantitative estimate of drug-likeness (QED) is 0.820. The Kier molecular flexibility index (Phi) is 3.92. The maximum Gasteiger partial charge on any atom is 0.126 e. The molecule has 0 atom stereocenters. The third kappa shape index (κ3) is 2.08. The average Bonchev–Trinajstić information content (AvgIpc) is 2.14. The minimum atomic E-state index is 0.384. The minimum Gasteiger partial charge on any atom is -0.496 e. The molecule has 0 aliphatic heterocycles. The van der Waals surface area contributed by atoms with Crippen LogP contribution in [-0.2, 0) is 6.54 Å². The maximum absolute atomic E-state index is 8.73. The molecule has 14 heavy (non-hydrogen) atoms. The van der Waals surface area contributed by atoms with E-state index in [9.17, 15) is 0 Å². The number of methoxy groups -OCH3 is 1. The largest absolute Gasteiger partial charge is 0.496 e. The van der Waals surface area contributed by atoms with E-state index < -0.39 is 0 Å². The summed E-state index contributed by atoms with van der Waals surface area (Å²) in [4.78, 5) is 0. The Balaban J connectivity index is 3.32. The van der Waals surface area contributed by atoms with Crippen LogP contribution < -0.4 is 10.2 Å². The van der Waals surface area contributed by atoms with E-state index in [4.69, 9.17) is 9.94 Å². The number of benzene rings is 1. The fourth-order valence-electron chi connectivity index (χ4n) is 1.49. The van der Waals surface area contributed by atoms with E-state index in [0.29, 0.717) is 6.54 Å². The van der Waals surface area contributed by atoms with E-state index in [1.807, 2.05) is 19.9 Å². The van der Waals surface area contributed by atoms with Gasteiger partial charge in [-0.2, -0.15) is 0 Å². The molecule has 1 rings (SSSR count). The number of hydroxylamine groups is 1. The van der Waals surface area contributed by atoms with Gasteiger partial charge < -0.3 is 9.94 Å². The summed E-state index contributed by atoms with van der Waals surface area (Å²) in [5.41, 5.74) is 5.26. The lowest BCUT2D eigenvalue weighted by atomic mass is 10.0. The zero-order chi connectivity index (χ0) is 10.7. The highest BCUT2D eigenvalue weighted by Crippen LogP contribution is 2.31. The molecule has 0 aliphatic rings. The van der Waals surface area contributed by atoms with Crippen LogP contribution in [0.25, 0.3) is 0 Å². The SMILES string of the molecule is COc1c(C)cc(Br)c(C)c1CNO. The molecule has 0 saturated heterocycles. The molecule has 1 aromatic rings. The van der Waals surface area contributed by atoms with Crippen molar-refractivity contribution < 1.29 is 9.94 Å². The van der Waals surface area contributed by atoms with Gasteiger partial charge in [-0.1, -0.05) is 15.9 Å². The molecule has 0 amide bonds. The molecule has 78 valence electrons. The normalized spacial score (nSPS) is 10.4. The Morgan fingerprint density at radius 3 is 2.64 bits per heavy atom. The zero-order valence-corrected chi connectivity index (χ0v) is 10.1. The van der Waals surface area contributed by atoms with Crippen LogP contribution in [-0.4, -0.2) is 12.3 Å². The molecule has 1 aromatic carbocycles. The van der Waals surface area contributed by atoms with Crippen LogP contribution >= 0.6 is 15.9 Å². The first-order valence-electron chi connectivity index (χ1n) is 4.31. The predicted molar refractivity (Wildman–Crippen MR) is 58.8 cm³/mol. The molecular formula is C10H14BrNO2. The molecule has 0 radical (unpaired) electrons. The van der Waals surface area contributed by atoms with Gasteiger partial charge in [-0.05, 0) is 31.0 Å². The van der Waals surface area contributed by atoms with Crippen molar-refractivity contribution in [2.75, 3.05) is 7.11 Å².